The summed E-state index contributed by atoms with van der Waals surface area (Å²) < 4.78 is 0. The van der Waals surface area contributed by atoms with E-state index in [0.29, 0.717) is 15.2 Å². The maximum absolute atomic E-state index is 5.94. The number of nitrogens with zero attached hydrogens (tertiary/aromatic N) is 1. The molecule has 0 saturated heterocycles. The molecule has 0 aliphatic carbocycles. The average molecular weight is 326 g/mol. The largest absolute Gasteiger partial charge is 0.354 e. The summed E-state index contributed by atoms with van der Waals surface area (Å²) in [5.74, 6) is 0. The molecule has 0 spiro atoms. The van der Waals surface area contributed by atoms with Crippen molar-refractivity contribution in [2.45, 2.75) is 13.0 Å². The number of hydrogen-bond donors (Lipinski definition) is 2. The Hall–Kier alpha value is -1.36. The Kier molecular flexibility index (Phi) is 5.17. The van der Waals surface area contributed by atoms with E-state index in [0.717, 1.165) is 11.4 Å². The lowest BCUT2D eigenvalue weighted by Gasteiger charge is -2.16. The van der Waals surface area contributed by atoms with Crippen molar-refractivity contribution in [2.24, 2.45) is 0 Å². The van der Waals surface area contributed by atoms with E-state index in [2.05, 4.69) is 15.6 Å². The molecule has 1 aromatic carbocycles. The zero-order valence-corrected chi connectivity index (χ0v) is 13.1. The monoisotopic (exact) mass is 325 g/mol. The summed E-state index contributed by atoms with van der Waals surface area (Å²) in [6, 6.07) is 10.9. The van der Waals surface area contributed by atoms with Crippen LogP contribution in [0.4, 0.5) is 5.69 Å². The van der Waals surface area contributed by atoms with Crippen molar-refractivity contribution >= 4 is 46.2 Å². The first kappa shape index (κ1) is 15.0. The molecule has 0 unspecified atom stereocenters. The van der Waals surface area contributed by atoms with Gasteiger partial charge in [0.15, 0.2) is 5.11 Å². The van der Waals surface area contributed by atoms with Crippen LogP contribution < -0.4 is 10.6 Å². The van der Waals surface area contributed by atoms with Gasteiger partial charge in [-0.1, -0.05) is 29.3 Å². The highest BCUT2D eigenvalue weighted by atomic mass is 35.5. The van der Waals surface area contributed by atoms with Crippen LogP contribution in [-0.2, 0) is 0 Å². The summed E-state index contributed by atoms with van der Waals surface area (Å²) in [5, 5.41) is 7.80. The highest BCUT2D eigenvalue weighted by Crippen LogP contribution is 2.22. The molecular formula is C14H13Cl2N3S. The van der Waals surface area contributed by atoms with Crippen LogP contribution in [0.3, 0.4) is 0 Å². The number of nitrogens with one attached hydrogen (secondary N) is 2. The first-order valence-corrected chi connectivity index (χ1v) is 7.15. The fourth-order valence-electron chi connectivity index (χ4n) is 1.70. The fraction of sp³-hybridized carbons (Fsp3) is 0.143. The third-order valence-electron chi connectivity index (χ3n) is 2.60. The molecule has 2 aromatic rings. The van der Waals surface area contributed by atoms with Crippen LogP contribution in [0.15, 0.2) is 42.6 Å². The smallest absolute Gasteiger partial charge is 0.171 e. The Balaban J connectivity index is 1.99. The summed E-state index contributed by atoms with van der Waals surface area (Å²) in [6.07, 6.45) is 1.75. The molecule has 1 heterocycles. The van der Waals surface area contributed by atoms with Gasteiger partial charge >= 0.3 is 0 Å². The van der Waals surface area contributed by atoms with E-state index in [9.17, 15) is 0 Å². The van der Waals surface area contributed by atoms with Crippen LogP contribution in [0.5, 0.6) is 0 Å². The molecule has 0 aliphatic rings. The van der Waals surface area contributed by atoms with E-state index in [-0.39, 0.29) is 6.04 Å². The summed E-state index contributed by atoms with van der Waals surface area (Å²) in [7, 11) is 0. The average Bonchev–Trinajstić information content (AvgIpc) is 2.38. The van der Waals surface area contributed by atoms with Crippen molar-refractivity contribution in [2.75, 3.05) is 5.32 Å². The molecule has 0 saturated carbocycles. The van der Waals surface area contributed by atoms with Gasteiger partial charge in [-0.3, -0.25) is 4.98 Å². The zero-order chi connectivity index (χ0) is 14.5. The Bertz CT molecular complexity index is 584. The number of thiocarbonyl (C=S) groups is 1. The molecule has 0 aliphatic heterocycles. The van der Waals surface area contributed by atoms with Gasteiger partial charge in [-0.05, 0) is 49.5 Å². The van der Waals surface area contributed by atoms with Crippen LogP contribution in [0.25, 0.3) is 0 Å². The topological polar surface area (TPSA) is 37.0 Å². The molecule has 2 rings (SSSR count). The van der Waals surface area contributed by atoms with Crippen molar-refractivity contribution in [1.29, 1.82) is 0 Å². The molecule has 0 radical (unpaired) electrons. The molecule has 3 nitrogen and oxygen atoms in total. The van der Waals surface area contributed by atoms with E-state index in [1.54, 1.807) is 24.4 Å². The summed E-state index contributed by atoms with van der Waals surface area (Å²) in [4.78, 5) is 4.27. The number of halogens is 2. The number of pyridine rings is 1. The Labute approximate surface area is 133 Å². The Morgan fingerprint density at radius 1 is 1.20 bits per heavy atom. The minimum atomic E-state index is 0.00542. The molecule has 1 aromatic heterocycles. The van der Waals surface area contributed by atoms with Crippen molar-refractivity contribution in [1.82, 2.24) is 10.3 Å². The lowest BCUT2D eigenvalue weighted by atomic mass is 10.2. The lowest BCUT2D eigenvalue weighted by molar-refractivity contribution is 0.696. The first-order valence-electron chi connectivity index (χ1n) is 5.99. The van der Waals surface area contributed by atoms with Gasteiger partial charge in [0.1, 0.15) is 0 Å². The minimum absolute atomic E-state index is 0.00542. The van der Waals surface area contributed by atoms with E-state index >= 15 is 0 Å². The molecule has 1 atom stereocenters. The molecule has 20 heavy (non-hydrogen) atoms. The van der Waals surface area contributed by atoms with Gasteiger partial charge in [0.05, 0.1) is 11.7 Å². The molecule has 0 bridgehead atoms. The Morgan fingerprint density at radius 3 is 2.50 bits per heavy atom. The zero-order valence-electron chi connectivity index (χ0n) is 10.7. The van der Waals surface area contributed by atoms with Crippen molar-refractivity contribution < 1.29 is 0 Å². The van der Waals surface area contributed by atoms with Crippen molar-refractivity contribution in [3.8, 4) is 0 Å². The molecule has 0 fully saturated rings. The van der Waals surface area contributed by atoms with E-state index in [1.807, 2.05) is 25.1 Å². The van der Waals surface area contributed by atoms with Crippen LogP contribution in [0, 0.1) is 0 Å². The third kappa shape index (κ3) is 4.34. The number of hydrogen-bond acceptors (Lipinski definition) is 2. The van der Waals surface area contributed by atoms with Crippen molar-refractivity contribution in [3.05, 3.63) is 58.3 Å². The molecule has 6 heteroatoms. The predicted molar refractivity (Wildman–Crippen MR) is 88.5 cm³/mol. The van der Waals surface area contributed by atoms with Crippen LogP contribution in [0.1, 0.15) is 18.7 Å². The van der Waals surface area contributed by atoms with Gasteiger partial charge in [0.2, 0.25) is 0 Å². The predicted octanol–water partition coefficient (Wildman–Crippen LogP) is 4.44. The quantitative estimate of drug-likeness (QED) is 0.818. The van der Waals surface area contributed by atoms with E-state index < -0.39 is 0 Å². The van der Waals surface area contributed by atoms with Gasteiger partial charge in [-0.25, -0.2) is 0 Å². The van der Waals surface area contributed by atoms with Gasteiger partial charge < -0.3 is 10.6 Å². The second-order valence-corrected chi connectivity index (χ2v) is 5.51. The number of aromatic nitrogens is 1. The van der Waals surface area contributed by atoms with E-state index in [4.69, 9.17) is 35.4 Å². The first-order chi connectivity index (χ1) is 9.54. The number of anilines is 1. The van der Waals surface area contributed by atoms with Gasteiger partial charge in [-0.15, -0.1) is 0 Å². The minimum Gasteiger partial charge on any atom is -0.354 e. The standard InChI is InChI=1S/C14H13Cl2N3S/c1-9(13-4-2-3-5-17-13)18-14(20)19-12-7-10(15)6-11(16)8-12/h2-9H,1H3,(H2,18,19,20)/t9-/m1/s1. The Morgan fingerprint density at radius 2 is 1.90 bits per heavy atom. The summed E-state index contributed by atoms with van der Waals surface area (Å²) in [6.45, 7) is 1.99. The van der Waals surface area contributed by atoms with Gasteiger partial charge in [-0.2, -0.15) is 0 Å². The maximum Gasteiger partial charge on any atom is 0.171 e. The second-order valence-electron chi connectivity index (χ2n) is 4.23. The summed E-state index contributed by atoms with van der Waals surface area (Å²) in [5.41, 5.74) is 1.66. The molecule has 2 N–H and O–H groups in total. The van der Waals surface area contributed by atoms with Gasteiger partial charge in [0, 0.05) is 21.9 Å². The highest BCUT2D eigenvalue weighted by molar-refractivity contribution is 7.80. The molecular weight excluding hydrogens is 313 g/mol. The van der Waals surface area contributed by atoms with Crippen LogP contribution >= 0.6 is 35.4 Å². The summed E-state index contributed by atoms with van der Waals surface area (Å²) >= 11 is 17.1. The van der Waals surface area contributed by atoms with Crippen LogP contribution in [0.2, 0.25) is 10.0 Å². The number of benzene rings is 1. The van der Waals surface area contributed by atoms with Crippen molar-refractivity contribution in [3.63, 3.8) is 0 Å². The maximum atomic E-state index is 5.94. The third-order valence-corrected chi connectivity index (χ3v) is 3.26. The highest BCUT2D eigenvalue weighted by Gasteiger charge is 2.08. The second kappa shape index (κ2) is 6.88. The molecule has 104 valence electrons. The van der Waals surface area contributed by atoms with Crippen LogP contribution in [-0.4, -0.2) is 10.1 Å². The molecule has 0 amide bonds. The fourth-order valence-corrected chi connectivity index (χ4v) is 2.52. The lowest BCUT2D eigenvalue weighted by Crippen LogP contribution is -2.31. The number of rotatable bonds is 3. The SMILES string of the molecule is C[C@@H](NC(=S)Nc1cc(Cl)cc(Cl)c1)c1ccccn1. The van der Waals surface area contributed by atoms with Gasteiger partial charge in [0.25, 0.3) is 0 Å². The normalized spacial score (nSPS) is 11.8. The van der Waals surface area contributed by atoms with E-state index in [1.165, 1.54) is 0 Å².